The van der Waals surface area contributed by atoms with Crippen molar-refractivity contribution in [1.82, 2.24) is 19.6 Å². The highest BCUT2D eigenvalue weighted by Crippen LogP contribution is 2.16. The van der Waals surface area contributed by atoms with Crippen molar-refractivity contribution < 1.29 is 9.84 Å². The molecule has 0 aliphatic heterocycles. The summed E-state index contributed by atoms with van der Waals surface area (Å²) >= 11 is 0. The number of rotatable bonds is 10. The summed E-state index contributed by atoms with van der Waals surface area (Å²) in [5.74, 6) is 1.20. The van der Waals surface area contributed by atoms with Gasteiger partial charge in [0.25, 0.3) is 0 Å². The first-order valence-corrected chi connectivity index (χ1v) is 9.15. The topological polar surface area (TPSA) is 65.1 Å². The van der Waals surface area contributed by atoms with E-state index in [0.717, 1.165) is 12.1 Å². The molecule has 0 fully saturated rings. The van der Waals surface area contributed by atoms with Gasteiger partial charge in [0.15, 0.2) is 0 Å². The van der Waals surface area contributed by atoms with Gasteiger partial charge in [-0.2, -0.15) is 10.2 Å². The van der Waals surface area contributed by atoms with E-state index in [-0.39, 0.29) is 5.92 Å². The molecule has 2 heterocycles. The lowest BCUT2D eigenvalue weighted by Gasteiger charge is -2.15. The molecule has 0 bridgehead atoms. The predicted molar refractivity (Wildman–Crippen MR) is 98.6 cm³/mol. The number of hydrogen-bond acceptors (Lipinski definition) is 4. The first-order valence-electron chi connectivity index (χ1n) is 9.15. The largest absolute Gasteiger partial charge is 0.391 e. The van der Waals surface area contributed by atoms with E-state index >= 15 is 0 Å². The smallest absolute Gasteiger partial charge is 0.0708 e. The molecule has 0 spiro atoms. The molecule has 3 unspecified atom stereocenters. The van der Waals surface area contributed by atoms with E-state index in [2.05, 4.69) is 44.1 Å². The lowest BCUT2D eigenvalue weighted by molar-refractivity contribution is 0.0892. The first-order chi connectivity index (χ1) is 11.8. The first kappa shape index (κ1) is 19.7. The third-order valence-corrected chi connectivity index (χ3v) is 4.26. The zero-order valence-corrected chi connectivity index (χ0v) is 16.1. The van der Waals surface area contributed by atoms with Crippen LogP contribution in [-0.2, 0) is 17.8 Å². The van der Waals surface area contributed by atoms with E-state index in [1.54, 1.807) is 11.6 Å². The van der Waals surface area contributed by atoms with Gasteiger partial charge < -0.3 is 9.84 Å². The van der Waals surface area contributed by atoms with Gasteiger partial charge in [0.1, 0.15) is 0 Å². The van der Waals surface area contributed by atoms with Gasteiger partial charge in [0.05, 0.1) is 38.3 Å². The molecule has 0 saturated heterocycles. The number of aliphatic hydroxyl groups excluding tert-OH is 1. The van der Waals surface area contributed by atoms with E-state index in [0.29, 0.717) is 31.6 Å². The SMILES string of the molecule is CC(O)Cn1cc(C(C)COCC(C)Cn2cc(C(C)C)cn2)cn1. The van der Waals surface area contributed by atoms with Gasteiger partial charge in [0, 0.05) is 24.9 Å². The third kappa shape index (κ3) is 6.29. The van der Waals surface area contributed by atoms with Crippen LogP contribution in [0.15, 0.2) is 24.8 Å². The summed E-state index contributed by atoms with van der Waals surface area (Å²) in [6.07, 6.45) is 7.53. The maximum atomic E-state index is 9.42. The van der Waals surface area contributed by atoms with Crippen molar-refractivity contribution in [2.75, 3.05) is 13.2 Å². The van der Waals surface area contributed by atoms with Crippen LogP contribution in [0, 0.1) is 5.92 Å². The highest BCUT2D eigenvalue weighted by atomic mass is 16.5. The van der Waals surface area contributed by atoms with Crippen molar-refractivity contribution >= 4 is 0 Å². The standard InChI is InChI=1S/C19H32N4O2/c1-14(2)18-6-20-22(10-18)8-15(3)12-25-13-16(4)19-7-21-23(11-19)9-17(5)24/h6-7,10-11,14-17,24H,8-9,12-13H2,1-5H3. The van der Waals surface area contributed by atoms with E-state index in [9.17, 15) is 5.11 Å². The molecule has 2 aromatic heterocycles. The minimum absolute atomic E-state index is 0.284. The van der Waals surface area contributed by atoms with Crippen LogP contribution in [-0.4, -0.2) is 44.0 Å². The van der Waals surface area contributed by atoms with Crippen molar-refractivity contribution in [3.05, 3.63) is 35.9 Å². The maximum absolute atomic E-state index is 9.42. The lowest BCUT2D eigenvalue weighted by Crippen LogP contribution is -2.16. The van der Waals surface area contributed by atoms with Gasteiger partial charge in [-0.05, 0) is 29.9 Å². The highest BCUT2D eigenvalue weighted by molar-refractivity contribution is 5.10. The molecular weight excluding hydrogens is 316 g/mol. The number of nitrogens with zero attached hydrogens (tertiary/aromatic N) is 4. The van der Waals surface area contributed by atoms with Gasteiger partial charge >= 0.3 is 0 Å². The Hall–Kier alpha value is -1.66. The zero-order valence-electron chi connectivity index (χ0n) is 16.1. The van der Waals surface area contributed by atoms with Crippen LogP contribution in [0.5, 0.6) is 0 Å². The minimum Gasteiger partial charge on any atom is -0.391 e. The van der Waals surface area contributed by atoms with Gasteiger partial charge in [-0.15, -0.1) is 0 Å². The van der Waals surface area contributed by atoms with E-state index in [4.69, 9.17) is 4.74 Å². The number of hydrogen-bond donors (Lipinski definition) is 1. The summed E-state index contributed by atoms with van der Waals surface area (Å²) in [5.41, 5.74) is 2.41. The van der Waals surface area contributed by atoms with Gasteiger partial charge in [-0.1, -0.05) is 27.7 Å². The summed E-state index contributed by atoms with van der Waals surface area (Å²) in [7, 11) is 0. The summed E-state index contributed by atoms with van der Waals surface area (Å²) in [5, 5.41) is 18.1. The van der Waals surface area contributed by atoms with Crippen LogP contribution in [0.2, 0.25) is 0 Å². The fraction of sp³-hybridized carbons (Fsp3) is 0.684. The normalized spacial score (nSPS) is 15.5. The van der Waals surface area contributed by atoms with Crippen LogP contribution >= 0.6 is 0 Å². The van der Waals surface area contributed by atoms with E-state index < -0.39 is 6.10 Å². The molecule has 0 radical (unpaired) electrons. The molecule has 140 valence electrons. The second-order valence-corrected chi connectivity index (χ2v) is 7.54. The molecule has 3 atom stereocenters. The highest BCUT2D eigenvalue weighted by Gasteiger charge is 2.12. The average molecular weight is 348 g/mol. The van der Waals surface area contributed by atoms with E-state index in [1.165, 1.54) is 5.56 Å². The summed E-state index contributed by atoms with van der Waals surface area (Å²) in [6.45, 7) is 13.2. The third-order valence-electron chi connectivity index (χ3n) is 4.26. The molecular formula is C19H32N4O2. The van der Waals surface area contributed by atoms with Gasteiger partial charge in [0.2, 0.25) is 0 Å². The second kappa shape index (κ2) is 9.15. The molecule has 2 aromatic rings. The Bertz CT molecular complexity index is 633. The van der Waals surface area contributed by atoms with Crippen molar-refractivity contribution in [2.45, 2.75) is 65.6 Å². The molecule has 0 aliphatic carbocycles. The monoisotopic (exact) mass is 348 g/mol. The van der Waals surface area contributed by atoms with Crippen LogP contribution in [0.4, 0.5) is 0 Å². The quantitative estimate of drug-likeness (QED) is 0.717. The Morgan fingerprint density at radius 1 is 0.920 bits per heavy atom. The van der Waals surface area contributed by atoms with Crippen molar-refractivity contribution in [3.63, 3.8) is 0 Å². The Morgan fingerprint density at radius 3 is 2.12 bits per heavy atom. The molecule has 6 heteroatoms. The Kier molecular flexibility index (Phi) is 7.20. The Labute approximate surface area is 150 Å². The van der Waals surface area contributed by atoms with Gasteiger partial charge in [-0.3, -0.25) is 9.36 Å². The molecule has 1 N–H and O–H groups in total. The molecule has 0 saturated carbocycles. The fourth-order valence-electron chi connectivity index (χ4n) is 2.70. The molecule has 2 rings (SSSR count). The van der Waals surface area contributed by atoms with Crippen LogP contribution < -0.4 is 0 Å². The second-order valence-electron chi connectivity index (χ2n) is 7.54. The summed E-state index contributed by atoms with van der Waals surface area (Å²) in [4.78, 5) is 0. The molecule has 0 amide bonds. The maximum Gasteiger partial charge on any atom is 0.0708 e. The molecule has 0 aliphatic rings. The Balaban J connectivity index is 1.72. The fourth-order valence-corrected chi connectivity index (χ4v) is 2.70. The molecule has 25 heavy (non-hydrogen) atoms. The van der Waals surface area contributed by atoms with E-state index in [1.807, 2.05) is 23.3 Å². The van der Waals surface area contributed by atoms with Crippen LogP contribution in [0.1, 0.15) is 57.6 Å². The number of aliphatic hydroxyl groups is 1. The van der Waals surface area contributed by atoms with Crippen molar-refractivity contribution in [3.8, 4) is 0 Å². The zero-order chi connectivity index (χ0) is 18.4. The van der Waals surface area contributed by atoms with Crippen molar-refractivity contribution in [1.29, 1.82) is 0 Å². The molecule has 6 nitrogen and oxygen atoms in total. The minimum atomic E-state index is -0.390. The number of ether oxygens (including phenoxy) is 1. The summed E-state index contributed by atoms with van der Waals surface area (Å²) < 4.78 is 9.69. The average Bonchev–Trinajstić information content (AvgIpc) is 3.16. The van der Waals surface area contributed by atoms with Crippen LogP contribution in [0.3, 0.4) is 0 Å². The lowest BCUT2D eigenvalue weighted by atomic mass is 10.1. The van der Waals surface area contributed by atoms with Gasteiger partial charge in [-0.25, -0.2) is 0 Å². The Morgan fingerprint density at radius 2 is 1.52 bits per heavy atom. The number of aromatic nitrogens is 4. The predicted octanol–water partition coefficient (Wildman–Crippen LogP) is 3.04. The van der Waals surface area contributed by atoms with Crippen LogP contribution in [0.25, 0.3) is 0 Å². The summed E-state index contributed by atoms with van der Waals surface area (Å²) in [6, 6.07) is 0. The van der Waals surface area contributed by atoms with Crippen molar-refractivity contribution in [2.24, 2.45) is 5.92 Å². The molecule has 0 aromatic carbocycles.